The number of imidazole rings is 1. The first-order valence-electron chi connectivity index (χ1n) is 4.82. The molecular weight excluding hydrogens is 224 g/mol. The van der Waals surface area contributed by atoms with Crippen molar-refractivity contribution >= 4 is 17.6 Å². The maximum atomic E-state index is 5.47. The number of fused-ring (bicyclic) bond motifs is 1. The minimum atomic E-state index is 0.583. The van der Waals surface area contributed by atoms with Crippen molar-refractivity contribution in [3.05, 3.63) is 23.7 Å². The molecule has 16 heavy (non-hydrogen) atoms. The van der Waals surface area contributed by atoms with E-state index in [1.165, 1.54) is 0 Å². The van der Waals surface area contributed by atoms with Crippen molar-refractivity contribution in [2.45, 2.75) is 11.5 Å². The SMILES string of the molecule is NNc1nc(-c2ncc[nH]2)nc2c1CSC2. The number of nitrogen functional groups attached to an aromatic ring is 1. The van der Waals surface area contributed by atoms with Gasteiger partial charge in [0.2, 0.25) is 0 Å². The van der Waals surface area contributed by atoms with Crippen molar-refractivity contribution in [2.24, 2.45) is 5.84 Å². The smallest absolute Gasteiger partial charge is 0.197 e. The van der Waals surface area contributed by atoms with Gasteiger partial charge in [0.25, 0.3) is 0 Å². The second-order valence-corrected chi connectivity index (χ2v) is 4.38. The summed E-state index contributed by atoms with van der Waals surface area (Å²) in [6, 6.07) is 0. The number of nitrogens with one attached hydrogen (secondary N) is 2. The predicted molar refractivity (Wildman–Crippen MR) is 62.4 cm³/mol. The molecule has 0 saturated heterocycles. The summed E-state index contributed by atoms with van der Waals surface area (Å²) >= 11 is 1.81. The van der Waals surface area contributed by atoms with E-state index in [4.69, 9.17) is 5.84 Å². The second kappa shape index (κ2) is 3.76. The molecule has 2 aromatic rings. The number of H-pyrrole nitrogens is 1. The van der Waals surface area contributed by atoms with Gasteiger partial charge in [0, 0.05) is 29.5 Å². The lowest BCUT2D eigenvalue weighted by atomic mass is 10.2. The summed E-state index contributed by atoms with van der Waals surface area (Å²) in [5.74, 6) is 9.22. The van der Waals surface area contributed by atoms with Crippen LogP contribution in [-0.2, 0) is 11.5 Å². The van der Waals surface area contributed by atoms with Crippen molar-refractivity contribution in [3.63, 3.8) is 0 Å². The number of nitrogens with two attached hydrogens (primary N) is 1. The van der Waals surface area contributed by atoms with Crippen LogP contribution in [0, 0.1) is 0 Å². The topological polar surface area (TPSA) is 92.5 Å². The highest BCUT2D eigenvalue weighted by Gasteiger charge is 2.20. The lowest BCUT2D eigenvalue weighted by molar-refractivity contribution is 1.04. The molecule has 0 unspecified atom stereocenters. The zero-order valence-electron chi connectivity index (χ0n) is 8.40. The zero-order valence-corrected chi connectivity index (χ0v) is 9.21. The lowest BCUT2D eigenvalue weighted by Gasteiger charge is -2.07. The van der Waals surface area contributed by atoms with Crippen LogP contribution in [0.3, 0.4) is 0 Å². The standard InChI is InChI=1S/C9H10N6S/c10-15-7-5-3-16-4-6(5)13-9(14-7)8-11-1-2-12-8/h1-2H,3-4,10H2,(H,11,12)(H,13,14,15). The molecule has 3 rings (SSSR count). The Hall–Kier alpha value is -1.60. The van der Waals surface area contributed by atoms with Crippen LogP contribution >= 0.6 is 11.8 Å². The maximum absolute atomic E-state index is 5.47. The van der Waals surface area contributed by atoms with E-state index in [0.29, 0.717) is 17.5 Å². The van der Waals surface area contributed by atoms with Crippen molar-refractivity contribution < 1.29 is 0 Å². The van der Waals surface area contributed by atoms with E-state index in [0.717, 1.165) is 22.8 Å². The third-order valence-corrected chi connectivity index (χ3v) is 3.40. The second-order valence-electron chi connectivity index (χ2n) is 3.40. The molecule has 0 bridgehead atoms. The van der Waals surface area contributed by atoms with E-state index < -0.39 is 0 Å². The van der Waals surface area contributed by atoms with Crippen LogP contribution in [0.5, 0.6) is 0 Å². The quantitative estimate of drug-likeness (QED) is 0.528. The molecule has 0 spiro atoms. The van der Waals surface area contributed by atoms with E-state index in [1.807, 2.05) is 11.8 Å². The highest BCUT2D eigenvalue weighted by molar-refractivity contribution is 7.98. The van der Waals surface area contributed by atoms with Crippen LogP contribution in [0.25, 0.3) is 11.6 Å². The van der Waals surface area contributed by atoms with Crippen LogP contribution < -0.4 is 11.3 Å². The summed E-state index contributed by atoms with van der Waals surface area (Å²) < 4.78 is 0. The Labute approximate surface area is 96.1 Å². The number of anilines is 1. The molecule has 0 atom stereocenters. The highest BCUT2D eigenvalue weighted by Crippen LogP contribution is 2.33. The number of nitrogens with zero attached hydrogens (tertiary/aromatic N) is 3. The molecular formula is C9H10N6S. The largest absolute Gasteiger partial charge is 0.342 e. The van der Waals surface area contributed by atoms with Crippen LogP contribution in [-0.4, -0.2) is 19.9 Å². The fourth-order valence-corrected chi connectivity index (χ4v) is 2.71. The minimum absolute atomic E-state index is 0.583. The Morgan fingerprint density at radius 1 is 1.38 bits per heavy atom. The third kappa shape index (κ3) is 1.44. The molecule has 3 heterocycles. The number of rotatable bonds is 2. The Morgan fingerprint density at radius 2 is 2.31 bits per heavy atom. The van der Waals surface area contributed by atoms with Crippen molar-refractivity contribution in [1.29, 1.82) is 0 Å². The van der Waals surface area contributed by atoms with E-state index in [9.17, 15) is 0 Å². The molecule has 0 amide bonds. The number of hydrogen-bond acceptors (Lipinski definition) is 6. The number of aromatic amines is 1. The minimum Gasteiger partial charge on any atom is -0.342 e. The molecule has 0 fully saturated rings. The zero-order chi connectivity index (χ0) is 11.0. The summed E-state index contributed by atoms with van der Waals surface area (Å²) in [6.07, 6.45) is 3.42. The third-order valence-electron chi connectivity index (χ3n) is 2.42. The van der Waals surface area contributed by atoms with Gasteiger partial charge in [-0.15, -0.1) is 0 Å². The molecule has 2 aromatic heterocycles. The van der Waals surface area contributed by atoms with Crippen LogP contribution in [0.4, 0.5) is 5.82 Å². The van der Waals surface area contributed by atoms with Gasteiger partial charge in [0.1, 0.15) is 5.82 Å². The first kappa shape index (κ1) is 9.61. The van der Waals surface area contributed by atoms with Gasteiger partial charge in [-0.2, -0.15) is 11.8 Å². The van der Waals surface area contributed by atoms with Crippen LogP contribution in [0.2, 0.25) is 0 Å². The highest BCUT2D eigenvalue weighted by atomic mass is 32.2. The van der Waals surface area contributed by atoms with Crippen molar-refractivity contribution in [1.82, 2.24) is 19.9 Å². The Bertz CT molecular complexity index is 509. The van der Waals surface area contributed by atoms with Gasteiger partial charge in [0.15, 0.2) is 11.6 Å². The Morgan fingerprint density at radius 3 is 3.06 bits per heavy atom. The van der Waals surface area contributed by atoms with Crippen molar-refractivity contribution in [3.8, 4) is 11.6 Å². The summed E-state index contributed by atoms with van der Waals surface area (Å²) in [7, 11) is 0. The average Bonchev–Trinajstić information content (AvgIpc) is 2.97. The number of hydrazine groups is 1. The van der Waals surface area contributed by atoms with E-state index >= 15 is 0 Å². The fraction of sp³-hybridized carbons (Fsp3) is 0.222. The molecule has 1 aliphatic heterocycles. The van der Waals surface area contributed by atoms with Crippen LogP contribution in [0.15, 0.2) is 12.4 Å². The Balaban J connectivity index is 2.15. The molecule has 4 N–H and O–H groups in total. The molecule has 82 valence electrons. The molecule has 7 heteroatoms. The molecule has 0 aromatic carbocycles. The van der Waals surface area contributed by atoms with Crippen LogP contribution in [0.1, 0.15) is 11.3 Å². The van der Waals surface area contributed by atoms with Gasteiger partial charge in [-0.3, -0.25) is 0 Å². The Kier molecular flexibility index (Phi) is 2.26. The molecule has 1 aliphatic rings. The van der Waals surface area contributed by atoms with Gasteiger partial charge in [-0.25, -0.2) is 20.8 Å². The molecule has 0 aliphatic carbocycles. The van der Waals surface area contributed by atoms with E-state index in [1.54, 1.807) is 12.4 Å². The predicted octanol–water partition coefficient (Wildman–Crippen LogP) is 0.899. The average molecular weight is 234 g/mol. The number of hydrogen-bond donors (Lipinski definition) is 3. The lowest BCUT2D eigenvalue weighted by Crippen LogP contribution is -2.13. The van der Waals surface area contributed by atoms with Gasteiger partial charge in [-0.1, -0.05) is 0 Å². The first-order valence-corrected chi connectivity index (χ1v) is 5.98. The van der Waals surface area contributed by atoms with E-state index in [2.05, 4.69) is 25.4 Å². The molecule has 0 radical (unpaired) electrons. The van der Waals surface area contributed by atoms with Gasteiger partial charge in [0.05, 0.1) is 5.69 Å². The monoisotopic (exact) mass is 234 g/mol. The normalized spacial score (nSPS) is 13.8. The summed E-state index contributed by atoms with van der Waals surface area (Å²) in [5, 5.41) is 0. The van der Waals surface area contributed by atoms with Crippen molar-refractivity contribution in [2.75, 3.05) is 5.43 Å². The van der Waals surface area contributed by atoms with E-state index in [-0.39, 0.29) is 0 Å². The summed E-state index contributed by atoms with van der Waals surface area (Å²) in [6.45, 7) is 0. The fourth-order valence-electron chi connectivity index (χ4n) is 1.66. The summed E-state index contributed by atoms with van der Waals surface area (Å²) in [4.78, 5) is 15.9. The van der Waals surface area contributed by atoms with Gasteiger partial charge >= 0.3 is 0 Å². The van der Waals surface area contributed by atoms with Gasteiger partial charge in [-0.05, 0) is 0 Å². The van der Waals surface area contributed by atoms with Gasteiger partial charge < -0.3 is 10.4 Å². The number of thioether (sulfide) groups is 1. The molecule has 0 saturated carbocycles. The first-order chi connectivity index (χ1) is 7.88. The maximum Gasteiger partial charge on any atom is 0.197 e. The number of aromatic nitrogens is 4. The summed E-state index contributed by atoms with van der Waals surface area (Å²) in [5.41, 5.74) is 4.76. The molecule has 6 nitrogen and oxygen atoms in total.